The SMILES string of the molecule is O=C(N/N=C/c1ccc(OCc2ccccc2)cc1)c1cccc2ccccc12. The zero-order valence-electron chi connectivity index (χ0n) is 15.8. The number of amides is 1. The number of carbonyl (C=O) groups is 1. The van der Waals surface area contributed by atoms with Crippen molar-refractivity contribution in [1.82, 2.24) is 5.43 Å². The van der Waals surface area contributed by atoms with Crippen LogP contribution in [-0.2, 0) is 6.61 Å². The van der Waals surface area contributed by atoms with Gasteiger partial charge in [0.1, 0.15) is 12.4 Å². The van der Waals surface area contributed by atoms with Gasteiger partial charge in [-0.3, -0.25) is 4.79 Å². The second-order valence-corrected chi connectivity index (χ2v) is 6.57. The second kappa shape index (κ2) is 8.85. The Labute approximate surface area is 169 Å². The topological polar surface area (TPSA) is 50.7 Å². The highest BCUT2D eigenvalue weighted by molar-refractivity contribution is 6.07. The molecular formula is C25H20N2O2. The maximum Gasteiger partial charge on any atom is 0.271 e. The molecule has 142 valence electrons. The van der Waals surface area contributed by atoms with Crippen molar-refractivity contribution in [2.24, 2.45) is 5.10 Å². The van der Waals surface area contributed by atoms with E-state index in [2.05, 4.69) is 10.5 Å². The van der Waals surface area contributed by atoms with Crippen molar-refractivity contribution in [3.05, 3.63) is 114 Å². The number of carbonyl (C=O) groups excluding carboxylic acids is 1. The van der Waals surface area contributed by atoms with Gasteiger partial charge in [0, 0.05) is 5.56 Å². The molecule has 4 aromatic carbocycles. The van der Waals surface area contributed by atoms with Gasteiger partial charge in [-0.2, -0.15) is 5.10 Å². The molecule has 0 aliphatic rings. The fourth-order valence-corrected chi connectivity index (χ4v) is 3.04. The molecule has 1 amide bonds. The molecule has 4 nitrogen and oxygen atoms in total. The smallest absolute Gasteiger partial charge is 0.271 e. The van der Waals surface area contributed by atoms with Crippen molar-refractivity contribution in [3.8, 4) is 5.75 Å². The number of hydrogen-bond acceptors (Lipinski definition) is 3. The predicted molar refractivity (Wildman–Crippen MR) is 116 cm³/mol. The molecule has 0 bridgehead atoms. The van der Waals surface area contributed by atoms with Crippen LogP contribution in [0.3, 0.4) is 0 Å². The summed E-state index contributed by atoms with van der Waals surface area (Å²) < 4.78 is 5.77. The largest absolute Gasteiger partial charge is 0.489 e. The van der Waals surface area contributed by atoms with E-state index < -0.39 is 0 Å². The number of nitrogens with zero attached hydrogens (tertiary/aromatic N) is 1. The van der Waals surface area contributed by atoms with Crippen LogP contribution in [0.4, 0.5) is 0 Å². The molecule has 0 unspecified atom stereocenters. The number of nitrogens with one attached hydrogen (secondary N) is 1. The molecule has 0 heterocycles. The van der Waals surface area contributed by atoms with Gasteiger partial charge in [0.05, 0.1) is 6.21 Å². The first-order valence-electron chi connectivity index (χ1n) is 9.37. The zero-order valence-corrected chi connectivity index (χ0v) is 15.8. The predicted octanol–water partition coefficient (Wildman–Crippen LogP) is 5.18. The highest BCUT2D eigenvalue weighted by atomic mass is 16.5. The third kappa shape index (κ3) is 4.68. The van der Waals surface area contributed by atoms with E-state index in [1.165, 1.54) is 0 Å². The fraction of sp³-hybridized carbons (Fsp3) is 0.0400. The highest BCUT2D eigenvalue weighted by Crippen LogP contribution is 2.18. The molecule has 29 heavy (non-hydrogen) atoms. The van der Waals surface area contributed by atoms with Crippen LogP contribution in [0.15, 0.2) is 102 Å². The lowest BCUT2D eigenvalue weighted by Crippen LogP contribution is -2.17. The number of rotatable bonds is 6. The van der Waals surface area contributed by atoms with Crippen molar-refractivity contribution < 1.29 is 9.53 Å². The van der Waals surface area contributed by atoms with Crippen LogP contribution in [0.5, 0.6) is 5.75 Å². The quantitative estimate of drug-likeness (QED) is 0.370. The minimum Gasteiger partial charge on any atom is -0.489 e. The van der Waals surface area contributed by atoms with E-state index in [9.17, 15) is 4.79 Å². The molecule has 4 heteroatoms. The Bertz CT molecular complexity index is 1130. The normalized spacial score (nSPS) is 10.9. The fourth-order valence-electron chi connectivity index (χ4n) is 3.04. The summed E-state index contributed by atoms with van der Waals surface area (Å²) in [5.41, 5.74) is 5.19. The lowest BCUT2D eigenvalue weighted by atomic mass is 10.0. The van der Waals surface area contributed by atoms with Crippen LogP contribution in [0.1, 0.15) is 21.5 Å². The van der Waals surface area contributed by atoms with Gasteiger partial charge in [-0.05, 0) is 52.2 Å². The molecule has 0 spiro atoms. The number of benzene rings is 4. The van der Waals surface area contributed by atoms with Gasteiger partial charge < -0.3 is 4.74 Å². The number of hydrazone groups is 1. The molecule has 0 saturated heterocycles. The van der Waals surface area contributed by atoms with E-state index in [1.807, 2.05) is 91.0 Å². The molecule has 1 N–H and O–H groups in total. The Hall–Kier alpha value is -3.92. The Kier molecular flexibility index (Phi) is 5.63. The molecule has 0 atom stereocenters. The van der Waals surface area contributed by atoms with Crippen LogP contribution < -0.4 is 10.2 Å². The van der Waals surface area contributed by atoms with Gasteiger partial charge in [0.25, 0.3) is 5.91 Å². The minimum absolute atomic E-state index is 0.235. The Balaban J connectivity index is 1.36. The van der Waals surface area contributed by atoms with Gasteiger partial charge in [0.15, 0.2) is 0 Å². The Morgan fingerprint density at radius 3 is 2.38 bits per heavy atom. The van der Waals surface area contributed by atoms with Gasteiger partial charge >= 0.3 is 0 Å². The average Bonchev–Trinajstić information content (AvgIpc) is 2.79. The lowest BCUT2D eigenvalue weighted by molar-refractivity contribution is 0.0957. The van der Waals surface area contributed by atoms with E-state index in [4.69, 9.17) is 4.74 Å². The molecule has 0 saturated carbocycles. The summed E-state index contributed by atoms with van der Waals surface area (Å²) in [7, 11) is 0. The third-order valence-electron chi connectivity index (χ3n) is 4.54. The van der Waals surface area contributed by atoms with Crippen LogP contribution in [-0.4, -0.2) is 12.1 Å². The summed E-state index contributed by atoms with van der Waals surface area (Å²) in [5, 5.41) is 6.01. The third-order valence-corrected chi connectivity index (χ3v) is 4.54. The monoisotopic (exact) mass is 380 g/mol. The van der Waals surface area contributed by atoms with Crippen molar-refractivity contribution in [2.75, 3.05) is 0 Å². The van der Waals surface area contributed by atoms with Gasteiger partial charge in [-0.25, -0.2) is 5.43 Å². The number of hydrogen-bond donors (Lipinski definition) is 1. The van der Waals surface area contributed by atoms with Crippen LogP contribution >= 0.6 is 0 Å². The average molecular weight is 380 g/mol. The molecule has 0 aromatic heterocycles. The summed E-state index contributed by atoms with van der Waals surface area (Å²) in [6.45, 7) is 0.523. The maximum atomic E-state index is 12.5. The van der Waals surface area contributed by atoms with E-state index in [0.29, 0.717) is 12.2 Å². The summed E-state index contributed by atoms with van der Waals surface area (Å²) in [4.78, 5) is 12.5. The summed E-state index contributed by atoms with van der Waals surface area (Å²) in [6.07, 6.45) is 1.62. The summed E-state index contributed by atoms with van der Waals surface area (Å²) in [6, 6.07) is 31.0. The first kappa shape index (κ1) is 18.4. The van der Waals surface area contributed by atoms with Gasteiger partial charge in [-0.15, -0.1) is 0 Å². The first-order chi connectivity index (χ1) is 14.3. The molecule has 0 aliphatic carbocycles. The van der Waals surface area contributed by atoms with Crippen molar-refractivity contribution in [2.45, 2.75) is 6.61 Å². The summed E-state index contributed by atoms with van der Waals surface area (Å²) >= 11 is 0. The second-order valence-electron chi connectivity index (χ2n) is 6.57. The molecule has 4 aromatic rings. The summed E-state index contributed by atoms with van der Waals surface area (Å²) in [5.74, 6) is 0.548. The van der Waals surface area contributed by atoms with Crippen LogP contribution in [0.2, 0.25) is 0 Å². The first-order valence-corrected chi connectivity index (χ1v) is 9.37. The molecule has 0 radical (unpaired) electrons. The highest BCUT2D eigenvalue weighted by Gasteiger charge is 2.08. The van der Waals surface area contributed by atoms with Crippen molar-refractivity contribution in [3.63, 3.8) is 0 Å². The molecular weight excluding hydrogens is 360 g/mol. The van der Waals surface area contributed by atoms with E-state index in [1.54, 1.807) is 12.3 Å². The maximum absolute atomic E-state index is 12.5. The molecule has 0 fully saturated rings. The Morgan fingerprint density at radius 2 is 1.55 bits per heavy atom. The van der Waals surface area contributed by atoms with Crippen LogP contribution in [0.25, 0.3) is 10.8 Å². The van der Waals surface area contributed by atoms with Crippen molar-refractivity contribution >= 4 is 22.9 Å². The minimum atomic E-state index is -0.235. The lowest BCUT2D eigenvalue weighted by Gasteiger charge is -2.06. The number of fused-ring (bicyclic) bond motifs is 1. The van der Waals surface area contributed by atoms with E-state index in [0.717, 1.165) is 27.6 Å². The molecule has 4 rings (SSSR count). The van der Waals surface area contributed by atoms with E-state index >= 15 is 0 Å². The van der Waals surface area contributed by atoms with Crippen molar-refractivity contribution in [1.29, 1.82) is 0 Å². The molecule has 0 aliphatic heterocycles. The Morgan fingerprint density at radius 1 is 0.828 bits per heavy atom. The zero-order chi connectivity index (χ0) is 19.9. The van der Waals surface area contributed by atoms with E-state index in [-0.39, 0.29) is 5.91 Å². The standard InChI is InChI=1S/C25H20N2O2/c28-25(24-12-6-10-21-9-4-5-11-23(21)24)27-26-17-19-13-15-22(16-14-19)29-18-20-7-2-1-3-8-20/h1-17H,18H2,(H,27,28)/b26-17+. The number of ether oxygens (including phenoxy) is 1. The van der Waals surface area contributed by atoms with Gasteiger partial charge in [-0.1, -0.05) is 66.7 Å². The van der Waals surface area contributed by atoms with Gasteiger partial charge in [0.2, 0.25) is 0 Å². The van der Waals surface area contributed by atoms with Crippen LogP contribution in [0, 0.1) is 0 Å².